The lowest BCUT2D eigenvalue weighted by molar-refractivity contribution is -0.123. The van der Waals surface area contributed by atoms with Crippen LogP contribution in [-0.2, 0) is 4.79 Å². The van der Waals surface area contributed by atoms with E-state index in [1.54, 1.807) is 7.11 Å². The Morgan fingerprint density at radius 2 is 2.16 bits per heavy atom. The van der Waals surface area contributed by atoms with Crippen LogP contribution in [0.2, 0.25) is 0 Å². The molecule has 8 heteroatoms. The third-order valence-electron chi connectivity index (χ3n) is 4.70. The highest BCUT2D eigenvalue weighted by atomic mass is 35.5. The van der Waals surface area contributed by atoms with Gasteiger partial charge in [0.15, 0.2) is 0 Å². The van der Waals surface area contributed by atoms with Crippen LogP contribution in [0.1, 0.15) is 12.8 Å². The van der Waals surface area contributed by atoms with E-state index in [1.165, 1.54) is 0 Å². The molecule has 2 saturated heterocycles. The van der Waals surface area contributed by atoms with Gasteiger partial charge in [-0.3, -0.25) is 4.79 Å². The average molecular weight is 392 g/mol. The molecule has 2 aliphatic rings. The van der Waals surface area contributed by atoms with Crippen molar-refractivity contribution in [3.8, 4) is 5.75 Å². The fraction of sp³-hybridized carbons (Fsp3) is 0.588. The van der Waals surface area contributed by atoms with Crippen molar-refractivity contribution < 1.29 is 14.6 Å². The molecule has 3 N–H and O–H groups in total. The Hall–Kier alpha value is -1.21. The molecule has 1 aromatic rings. The van der Waals surface area contributed by atoms with Crippen LogP contribution < -0.4 is 20.3 Å². The minimum Gasteiger partial charge on any atom is -0.495 e. The van der Waals surface area contributed by atoms with E-state index in [0.717, 1.165) is 30.9 Å². The highest BCUT2D eigenvalue weighted by Gasteiger charge is 2.29. The van der Waals surface area contributed by atoms with Gasteiger partial charge in [-0.05, 0) is 30.9 Å². The smallest absolute Gasteiger partial charge is 0.237 e. The molecule has 3 unspecified atom stereocenters. The first-order valence-corrected chi connectivity index (χ1v) is 8.24. The largest absolute Gasteiger partial charge is 0.495 e. The highest BCUT2D eigenvalue weighted by Crippen LogP contribution is 2.31. The fourth-order valence-electron chi connectivity index (χ4n) is 3.39. The molecular weight excluding hydrogens is 365 g/mol. The summed E-state index contributed by atoms with van der Waals surface area (Å²) < 4.78 is 5.43. The lowest BCUT2D eigenvalue weighted by Gasteiger charge is -2.21. The summed E-state index contributed by atoms with van der Waals surface area (Å²) in [7, 11) is 1.69. The number of methoxy groups -OCH3 is 1. The number of para-hydroxylation sites is 2. The molecule has 1 aromatic carbocycles. The van der Waals surface area contributed by atoms with Gasteiger partial charge in [0.05, 0.1) is 24.9 Å². The Labute approximate surface area is 161 Å². The SMILES string of the molecule is COc1ccccc1N1CCC(CNC(=O)C2CC(O)CN2)C1.Cl.Cl. The number of β-amino-alcohol motifs (C(OH)–C–C–N with tert-alkyl or cyclic N) is 1. The van der Waals surface area contributed by atoms with E-state index in [1.807, 2.05) is 18.2 Å². The predicted molar refractivity (Wildman–Crippen MR) is 103 cm³/mol. The van der Waals surface area contributed by atoms with Gasteiger partial charge < -0.3 is 25.4 Å². The summed E-state index contributed by atoms with van der Waals surface area (Å²) >= 11 is 0. The van der Waals surface area contributed by atoms with Crippen LogP contribution in [0.5, 0.6) is 5.75 Å². The molecule has 0 bridgehead atoms. The normalized spacial score (nSPS) is 25.0. The van der Waals surface area contributed by atoms with Gasteiger partial charge in [-0.15, -0.1) is 24.8 Å². The van der Waals surface area contributed by atoms with E-state index in [9.17, 15) is 9.90 Å². The van der Waals surface area contributed by atoms with E-state index in [2.05, 4.69) is 21.6 Å². The van der Waals surface area contributed by atoms with Gasteiger partial charge in [-0.2, -0.15) is 0 Å². The quantitative estimate of drug-likeness (QED) is 0.703. The number of hydrogen-bond acceptors (Lipinski definition) is 5. The summed E-state index contributed by atoms with van der Waals surface area (Å²) in [6.07, 6.45) is 1.15. The number of benzene rings is 1. The van der Waals surface area contributed by atoms with Crippen LogP contribution in [0, 0.1) is 5.92 Å². The van der Waals surface area contributed by atoms with Gasteiger partial charge in [-0.1, -0.05) is 12.1 Å². The average Bonchev–Trinajstić information content (AvgIpc) is 3.21. The fourth-order valence-corrected chi connectivity index (χ4v) is 3.39. The second-order valence-electron chi connectivity index (χ2n) is 6.37. The Bertz CT molecular complexity index is 562. The minimum atomic E-state index is -0.404. The van der Waals surface area contributed by atoms with Crippen LogP contribution in [0.4, 0.5) is 5.69 Å². The van der Waals surface area contributed by atoms with Crippen LogP contribution in [0.25, 0.3) is 0 Å². The second-order valence-corrected chi connectivity index (χ2v) is 6.37. The summed E-state index contributed by atoms with van der Waals surface area (Å²) in [5.74, 6) is 1.33. The van der Waals surface area contributed by atoms with Crippen molar-refractivity contribution >= 4 is 36.4 Å². The molecule has 0 aliphatic carbocycles. The maximum Gasteiger partial charge on any atom is 0.237 e. The van der Waals surface area contributed by atoms with E-state index in [-0.39, 0.29) is 36.8 Å². The number of carbonyl (C=O) groups is 1. The Morgan fingerprint density at radius 3 is 2.84 bits per heavy atom. The van der Waals surface area contributed by atoms with Gasteiger partial charge in [0.2, 0.25) is 5.91 Å². The van der Waals surface area contributed by atoms with Gasteiger partial charge in [0, 0.05) is 26.2 Å². The number of rotatable bonds is 5. The van der Waals surface area contributed by atoms with Gasteiger partial charge in [0.1, 0.15) is 5.75 Å². The van der Waals surface area contributed by atoms with Gasteiger partial charge in [0.25, 0.3) is 0 Å². The maximum absolute atomic E-state index is 12.1. The molecule has 2 aliphatic heterocycles. The van der Waals surface area contributed by atoms with Crippen LogP contribution in [0.15, 0.2) is 24.3 Å². The molecule has 0 spiro atoms. The molecular formula is C17H27Cl2N3O3. The number of carbonyl (C=O) groups excluding carboxylic acids is 1. The molecule has 142 valence electrons. The summed E-state index contributed by atoms with van der Waals surface area (Å²) in [4.78, 5) is 14.4. The lowest BCUT2D eigenvalue weighted by Crippen LogP contribution is -2.42. The number of amides is 1. The number of halogens is 2. The number of aliphatic hydroxyl groups excluding tert-OH is 1. The van der Waals surface area contributed by atoms with E-state index < -0.39 is 6.10 Å². The zero-order valence-corrected chi connectivity index (χ0v) is 15.9. The number of aliphatic hydroxyl groups is 1. The first-order valence-electron chi connectivity index (χ1n) is 8.24. The Morgan fingerprint density at radius 1 is 1.40 bits per heavy atom. The van der Waals surface area contributed by atoms with E-state index >= 15 is 0 Å². The summed E-state index contributed by atoms with van der Waals surface area (Å²) in [6.45, 7) is 3.07. The van der Waals surface area contributed by atoms with Crippen molar-refractivity contribution in [3.05, 3.63) is 24.3 Å². The Kier molecular flexibility index (Phi) is 8.79. The molecule has 0 aromatic heterocycles. The molecule has 2 fully saturated rings. The van der Waals surface area contributed by atoms with Crippen LogP contribution >= 0.6 is 24.8 Å². The van der Waals surface area contributed by atoms with Gasteiger partial charge >= 0.3 is 0 Å². The molecule has 1 amide bonds. The monoisotopic (exact) mass is 391 g/mol. The zero-order valence-electron chi connectivity index (χ0n) is 14.3. The van der Waals surface area contributed by atoms with Crippen molar-refractivity contribution in [2.75, 3.05) is 38.2 Å². The predicted octanol–water partition coefficient (Wildman–Crippen LogP) is 1.20. The first-order chi connectivity index (χ1) is 11.2. The number of nitrogens with one attached hydrogen (secondary N) is 2. The summed E-state index contributed by atoms with van der Waals surface area (Å²) in [6, 6.07) is 7.78. The lowest BCUT2D eigenvalue weighted by atomic mass is 10.1. The van der Waals surface area contributed by atoms with Crippen LogP contribution in [-0.4, -0.2) is 56.4 Å². The van der Waals surface area contributed by atoms with Gasteiger partial charge in [-0.25, -0.2) is 0 Å². The third kappa shape index (κ3) is 5.38. The summed E-state index contributed by atoms with van der Waals surface area (Å²) in [5.41, 5.74) is 1.12. The number of nitrogens with zero attached hydrogens (tertiary/aromatic N) is 1. The molecule has 3 rings (SSSR count). The molecule has 0 radical (unpaired) electrons. The Balaban J connectivity index is 0.00000156. The number of ether oxygens (including phenoxy) is 1. The molecule has 2 heterocycles. The number of anilines is 1. The maximum atomic E-state index is 12.1. The highest BCUT2D eigenvalue weighted by molar-refractivity contribution is 5.85. The van der Waals surface area contributed by atoms with Crippen LogP contribution in [0.3, 0.4) is 0 Å². The topological polar surface area (TPSA) is 73.8 Å². The van der Waals surface area contributed by atoms with E-state index in [4.69, 9.17) is 4.74 Å². The van der Waals surface area contributed by atoms with Crippen molar-refractivity contribution in [1.82, 2.24) is 10.6 Å². The standard InChI is InChI=1S/C17H25N3O3.2ClH/c1-23-16-5-3-2-4-15(16)20-7-6-12(11-20)9-19-17(22)14-8-13(21)10-18-14;;/h2-5,12-14,18,21H,6-11H2,1H3,(H,19,22);2*1H. The van der Waals surface area contributed by atoms with Crippen molar-refractivity contribution in [2.24, 2.45) is 5.92 Å². The van der Waals surface area contributed by atoms with E-state index in [0.29, 0.717) is 25.4 Å². The van der Waals surface area contributed by atoms with Crippen molar-refractivity contribution in [1.29, 1.82) is 0 Å². The zero-order chi connectivity index (χ0) is 16.2. The van der Waals surface area contributed by atoms with Crippen molar-refractivity contribution in [2.45, 2.75) is 25.0 Å². The number of hydrogen-bond donors (Lipinski definition) is 3. The second kappa shape index (κ2) is 10.1. The molecule has 25 heavy (non-hydrogen) atoms. The summed E-state index contributed by atoms with van der Waals surface area (Å²) in [5, 5.41) is 15.5. The minimum absolute atomic E-state index is 0. The molecule has 3 atom stereocenters. The molecule has 0 saturated carbocycles. The third-order valence-corrected chi connectivity index (χ3v) is 4.70. The first kappa shape index (κ1) is 21.8. The molecule has 6 nitrogen and oxygen atoms in total. The van der Waals surface area contributed by atoms with Crippen molar-refractivity contribution in [3.63, 3.8) is 0 Å².